The monoisotopic (exact) mass is 270 g/mol. The number of hydrogen-bond donors (Lipinski definition) is 1. The van der Waals surface area contributed by atoms with Crippen LogP contribution in [0.3, 0.4) is 0 Å². The van der Waals surface area contributed by atoms with Gasteiger partial charge in [0.1, 0.15) is 11.6 Å². The summed E-state index contributed by atoms with van der Waals surface area (Å²) in [5.74, 6) is -0.0662. The van der Waals surface area contributed by atoms with E-state index in [4.69, 9.17) is 4.74 Å². The Balaban J connectivity index is 2.99. The van der Waals surface area contributed by atoms with Gasteiger partial charge in [-0.1, -0.05) is 13.8 Å². The van der Waals surface area contributed by atoms with Gasteiger partial charge in [-0.3, -0.25) is 9.59 Å². The third-order valence-electron chi connectivity index (χ3n) is 4.05. The van der Waals surface area contributed by atoms with Crippen LogP contribution < -0.4 is 5.32 Å². The number of carbonyl (C=O) groups is 2. The lowest BCUT2D eigenvalue weighted by atomic mass is 9.86. The summed E-state index contributed by atoms with van der Waals surface area (Å²) in [5.41, 5.74) is -0.746. The molecule has 0 aromatic carbocycles. The lowest BCUT2D eigenvalue weighted by Gasteiger charge is -2.46. The van der Waals surface area contributed by atoms with Gasteiger partial charge < -0.3 is 15.0 Å². The van der Waals surface area contributed by atoms with E-state index in [1.165, 1.54) is 0 Å². The molecule has 0 spiro atoms. The average Bonchev–Trinajstić information content (AvgIpc) is 2.41. The summed E-state index contributed by atoms with van der Waals surface area (Å²) in [5, 5.41) is 2.90. The first-order valence-electron chi connectivity index (χ1n) is 7.16. The van der Waals surface area contributed by atoms with Crippen molar-refractivity contribution in [3.63, 3.8) is 0 Å². The van der Waals surface area contributed by atoms with Crippen LogP contribution in [0.2, 0.25) is 0 Å². The predicted octanol–water partition coefficient (Wildman–Crippen LogP) is 1.32. The number of nitrogens with one attached hydrogen (secondary N) is 1. The average molecular weight is 270 g/mol. The molecule has 5 nitrogen and oxygen atoms in total. The Morgan fingerprint density at radius 2 is 1.89 bits per heavy atom. The highest BCUT2D eigenvalue weighted by atomic mass is 16.5. The number of carbonyl (C=O) groups excluding carboxylic acids is 2. The van der Waals surface area contributed by atoms with Gasteiger partial charge in [-0.25, -0.2) is 0 Å². The van der Waals surface area contributed by atoms with E-state index in [1.54, 1.807) is 11.8 Å². The minimum atomic E-state index is -0.746. The van der Waals surface area contributed by atoms with Crippen LogP contribution in [-0.4, -0.2) is 47.6 Å². The lowest BCUT2D eigenvalue weighted by molar-refractivity contribution is -0.158. The zero-order chi connectivity index (χ0) is 14.6. The van der Waals surface area contributed by atoms with Gasteiger partial charge in [-0.2, -0.15) is 0 Å². The molecule has 1 N–H and O–H groups in total. The molecule has 2 unspecified atom stereocenters. The Kier molecular flexibility index (Phi) is 5.35. The van der Waals surface area contributed by atoms with Crippen LogP contribution in [0.4, 0.5) is 0 Å². The number of rotatable bonds is 6. The van der Waals surface area contributed by atoms with Crippen LogP contribution in [0.15, 0.2) is 0 Å². The van der Waals surface area contributed by atoms with Crippen LogP contribution in [-0.2, 0) is 14.3 Å². The lowest BCUT2D eigenvalue weighted by Crippen LogP contribution is -2.71. The van der Waals surface area contributed by atoms with Gasteiger partial charge in [0, 0.05) is 6.61 Å². The van der Waals surface area contributed by atoms with Gasteiger partial charge >= 0.3 is 0 Å². The second-order valence-electron chi connectivity index (χ2n) is 5.18. The standard InChI is InChI=1S/C14H26N2O3/c1-6-14(7-2)13(18)16(10(4)9-19-8-3)11(5)12(17)15-14/h10-11H,6-9H2,1-5H3,(H,15,17). The first-order chi connectivity index (χ1) is 8.93. The minimum absolute atomic E-state index is 0.0109. The van der Waals surface area contributed by atoms with Gasteiger partial charge in [0.05, 0.1) is 12.6 Å². The number of amides is 2. The highest BCUT2D eigenvalue weighted by Crippen LogP contribution is 2.26. The molecule has 1 aliphatic rings. The molecule has 2 atom stereocenters. The molecule has 2 amide bonds. The van der Waals surface area contributed by atoms with Crippen molar-refractivity contribution in [2.24, 2.45) is 0 Å². The Labute approximate surface area is 115 Å². The Bertz CT molecular complexity index is 340. The maximum Gasteiger partial charge on any atom is 0.249 e. The van der Waals surface area contributed by atoms with Crippen molar-refractivity contribution < 1.29 is 14.3 Å². The van der Waals surface area contributed by atoms with Gasteiger partial charge in [0.25, 0.3) is 0 Å². The van der Waals surface area contributed by atoms with E-state index >= 15 is 0 Å². The maximum absolute atomic E-state index is 12.7. The molecule has 0 bridgehead atoms. The fraction of sp³-hybridized carbons (Fsp3) is 0.857. The molecule has 5 heteroatoms. The third-order valence-corrected chi connectivity index (χ3v) is 4.05. The predicted molar refractivity (Wildman–Crippen MR) is 73.7 cm³/mol. The molecule has 19 heavy (non-hydrogen) atoms. The molecule has 1 fully saturated rings. The summed E-state index contributed by atoms with van der Waals surface area (Å²) < 4.78 is 5.39. The van der Waals surface area contributed by atoms with E-state index in [0.29, 0.717) is 26.1 Å². The molecule has 0 aromatic heterocycles. The van der Waals surface area contributed by atoms with Crippen LogP contribution in [0, 0.1) is 0 Å². The SMILES string of the molecule is CCOCC(C)N1C(=O)C(CC)(CC)NC(=O)C1C. The highest BCUT2D eigenvalue weighted by molar-refractivity contribution is 5.99. The van der Waals surface area contributed by atoms with Crippen molar-refractivity contribution in [3.05, 3.63) is 0 Å². The van der Waals surface area contributed by atoms with Crippen LogP contribution >= 0.6 is 0 Å². The summed E-state index contributed by atoms with van der Waals surface area (Å²) in [6, 6.07) is -0.528. The summed E-state index contributed by atoms with van der Waals surface area (Å²) in [6.45, 7) is 10.6. The molecule has 0 aromatic rings. The normalized spacial score (nSPS) is 24.3. The van der Waals surface area contributed by atoms with Crippen LogP contribution in [0.1, 0.15) is 47.5 Å². The Morgan fingerprint density at radius 1 is 1.32 bits per heavy atom. The smallest absolute Gasteiger partial charge is 0.249 e. The first kappa shape index (κ1) is 16.0. The number of ether oxygens (including phenoxy) is 1. The Morgan fingerprint density at radius 3 is 2.37 bits per heavy atom. The van der Waals surface area contributed by atoms with Crippen molar-refractivity contribution in [2.75, 3.05) is 13.2 Å². The van der Waals surface area contributed by atoms with Gasteiger partial charge in [-0.05, 0) is 33.6 Å². The molecule has 0 radical (unpaired) electrons. The quantitative estimate of drug-likeness (QED) is 0.792. The fourth-order valence-corrected chi connectivity index (χ4v) is 2.62. The van der Waals surface area contributed by atoms with Crippen molar-refractivity contribution >= 4 is 11.8 Å². The fourth-order valence-electron chi connectivity index (χ4n) is 2.62. The van der Waals surface area contributed by atoms with E-state index in [1.807, 2.05) is 27.7 Å². The molecule has 0 aliphatic carbocycles. The molecular weight excluding hydrogens is 244 g/mol. The van der Waals surface area contributed by atoms with Crippen LogP contribution in [0.5, 0.6) is 0 Å². The Hall–Kier alpha value is -1.10. The van der Waals surface area contributed by atoms with Crippen molar-refractivity contribution in [2.45, 2.75) is 65.1 Å². The summed E-state index contributed by atoms with van der Waals surface area (Å²) in [4.78, 5) is 26.5. The van der Waals surface area contributed by atoms with E-state index in [0.717, 1.165) is 0 Å². The third kappa shape index (κ3) is 2.91. The topological polar surface area (TPSA) is 58.6 Å². The summed E-state index contributed by atoms with van der Waals surface area (Å²) in [7, 11) is 0. The zero-order valence-corrected chi connectivity index (χ0v) is 12.7. The number of hydrogen-bond acceptors (Lipinski definition) is 3. The van der Waals surface area contributed by atoms with E-state index < -0.39 is 11.6 Å². The molecule has 110 valence electrons. The van der Waals surface area contributed by atoms with E-state index in [9.17, 15) is 9.59 Å². The highest BCUT2D eigenvalue weighted by Gasteiger charge is 2.48. The maximum atomic E-state index is 12.7. The van der Waals surface area contributed by atoms with Gasteiger partial charge in [0.15, 0.2) is 0 Å². The van der Waals surface area contributed by atoms with E-state index in [-0.39, 0.29) is 17.9 Å². The second kappa shape index (κ2) is 6.37. The van der Waals surface area contributed by atoms with Crippen LogP contribution in [0.25, 0.3) is 0 Å². The van der Waals surface area contributed by atoms with Crippen molar-refractivity contribution in [1.29, 1.82) is 0 Å². The largest absolute Gasteiger partial charge is 0.380 e. The summed E-state index contributed by atoms with van der Waals surface area (Å²) in [6.07, 6.45) is 1.22. The number of piperazine rings is 1. The second-order valence-corrected chi connectivity index (χ2v) is 5.18. The molecule has 0 saturated carbocycles. The van der Waals surface area contributed by atoms with Crippen molar-refractivity contribution in [1.82, 2.24) is 10.2 Å². The summed E-state index contributed by atoms with van der Waals surface area (Å²) >= 11 is 0. The van der Waals surface area contributed by atoms with Gasteiger partial charge in [0.2, 0.25) is 11.8 Å². The molecule has 1 heterocycles. The molecular formula is C14H26N2O3. The minimum Gasteiger partial charge on any atom is -0.380 e. The molecule has 1 saturated heterocycles. The zero-order valence-electron chi connectivity index (χ0n) is 12.7. The van der Waals surface area contributed by atoms with Gasteiger partial charge in [-0.15, -0.1) is 0 Å². The molecule has 1 rings (SSSR count). The number of nitrogens with zero attached hydrogens (tertiary/aromatic N) is 1. The van der Waals surface area contributed by atoms with Crippen molar-refractivity contribution in [3.8, 4) is 0 Å². The molecule has 1 aliphatic heterocycles. The first-order valence-corrected chi connectivity index (χ1v) is 7.16. The van der Waals surface area contributed by atoms with E-state index in [2.05, 4.69) is 5.32 Å².